The average Bonchev–Trinajstić information content (AvgIpc) is 2.27. The van der Waals surface area contributed by atoms with Crippen LogP contribution in [0.25, 0.3) is 0 Å². The zero-order valence-corrected chi connectivity index (χ0v) is 14.5. The first kappa shape index (κ1) is 16.4. The van der Waals surface area contributed by atoms with E-state index < -0.39 is 8.32 Å². The second-order valence-electron chi connectivity index (χ2n) is 7.01. The molecule has 2 nitrogen and oxygen atoms in total. The molecule has 0 atom stereocenters. The summed E-state index contributed by atoms with van der Waals surface area (Å²) >= 11 is 0. The molecular weight excluding hydrogens is 250 g/mol. The highest BCUT2D eigenvalue weighted by Crippen LogP contribution is 2.37. The molecule has 1 aromatic rings. The van der Waals surface area contributed by atoms with Crippen LogP contribution in [-0.2, 0) is 11.1 Å². The minimum absolute atomic E-state index is 0.233. The lowest BCUT2D eigenvalue weighted by Gasteiger charge is -2.41. The summed E-state index contributed by atoms with van der Waals surface area (Å²) in [4.78, 5) is 0. The van der Waals surface area contributed by atoms with E-state index in [4.69, 9.17) is 4.53 Å². The van der Waals surface area contributed by atoms with Crippen molar-refractivity contribution in [2.75, 3.05) is 0 Å². The fraction of sp³-hybridized carbons (Fsp3) is 0.625. The first-order valence-corrected chi connectivity index (χ1v) is 10.0. The van der Waals surface area contributed by atoms with Gasteiger partial charge in [-0.15, -0.1) is 0 Å². The maximum atomic E-state index is 6.44. The number of hydrogen-bond acceptors (Lipinski definition) is 2. The van der Waals surface area contributed by atoms with Crippen molar-refractivity contribution in [2.45, 2.75) is 65.3 Å². The molecule has 1 rings (SSSR count). The van der Waals surface area contributed by atoms with Gasteiger partial charge in [-0.3, -0.25) is 0 Å². The average molecular weight is 280 g/mol. The number of benzene rings is 1. The molecule has 0 fully saturated rings. The van der Waals surface area contributed by atoms with Gasteiger partial charge in [0.25, 0.3) is 0 Å². The van der Waals surface area contributed by atoms with E-state index in [1.54, 1.807) is 0 Å². The van der Waals surface area contributed by atoms with E-state index in [9.17, 15) is 0 Å². The van der Waals surface area contributed by atoms with E-state index >= 15 is 0 Å². The zero-order chi connectivity index (χ0) is 14.7. The Labute approximate surface area is 119 Å². The standard InChI is InChI=1S/C16H29NOSi/c1-14(2)17(13-15-11-9-8-10-12-15)18-19(6,7)16(3,4)5/h8-12,14H,13H2,1-7H3. The van der Waals surface area contributed by atoms with Crippen LogP contribution in [0.4, 0.5) is 0 Å². The lowest BCUT2D eigenvalue weighted by Crippen LogP contribution is -2.48. The second kappa shape index (κ2) is 6.20. The summed E-state index contributed by atoms with van der Waals surface area (Å²) in [5.41, 5.74) is 1.30. The maximum absolute atomic E-state index is 6.44. The second-order valence-corrected chi connectivity index (χ2v) is 11.7. The van der Waals surface area contributed by atoms with Crippen molar-refractivity contribution in [1.29, 1.82) is 0 Å². The minimum atomic E-state index is -1.76. The Morgan fingerprint density at radius 1 is 1.11 bits per heavy atom. The predicted molar refractivity (Wildman–Crippen MR) is 85.4 cm³/mol. The number of hydrogen-bond donors (Lipinski definition) is 0. The molecule has 0 amide bonds. The van der Waals surface area contributed by atoms with Crippen LogP contribution in [0.1, 0.15) is 40.2 Å². The van der Waals surface area contributed by atoms with Gasteiger partial charge in [0.2, 0.25) is 8.32 Å². The molecule has 0 aromatic heterocycles. The normalized spacial score (nSPS) is 13.3. The van der Waals surface area contributed by atoms with Crippen LogP contribution in [0.5, 0.6) is 0 Å². The Morgan fingerprint density at radius 3 is 2.05 bits per heavy atom. The molecule has 0 aliphatic rings. The molecular formula is C16H29NOSi. The summed E-state index contributed by atoms with van der Waals surface area (Å²) < 4.78 is 6.44. The summed E-state index contributed by atoms with van der Waals surface area (Å²) in [5.74, 6) is 0. The lowest BCUT2D eigenvalue weighted by molar-refractivity contribution is -0.107. The van der Waals surface area contributed by atoms with Crippen LogP contribution in [0.15, 0.2) is 30.3 Å². The van der Waals surface area contributed by atoms with Crippen molar-refractivity contribution in [1.82, 2.24) is 5.06 Å². The maximum Gasteiger partial charge on any atom is 0.220 e. The van der Waals surface area contributed by atoms with Crippen LogP contribution in [-0.4, -0.2) is 19.4 Å². The molecule has 0 aliphatic carbocycles. The zero-order valence-electron chi connectivity index (χ0n) is 13.5. The van der Waals surface area contributed by atoms with Crippen molar-refractivity contribution in [3.63, 3.8) is 0 Å². The highest BCUT2D eigenvalue weighted by Gasteiger charge is 2.40. The smallest absolute Gasteiger partial charge is 0.220 e. The molecule has 0 N–H and O–H groups in total. The van der Waals surface area contributed by atoms with E-state index in [1.807, 2.05) is 0 Å². The van der Waals surface area contributed by atoms with Crippen molar-refractivity contribution in [2.24, 2.45) is 0 Å². The van der Waals surface area contributed by atoms with Gasteiger partial charge in [0.15, 0.2) is 0 Å². The quantitative estimate of drug-likeness (QED) is 0.565. The Balaban J connectivity index is 2.80. The molecule has 0 aliphatic heterocycles. The molecule has 108 valence electrons. The van der Waals surface area contributed by atoms with Gasteiger partial charge in [0, 0.05) is 12.6 Å². The van der Waals surface area contributed by atoms with Gasteiger partial charge in [-0.1, -0.05) is 51.1 Å². The van der Waals surface area contributed by atoms with Crippen molar-refractivity contribution in [3.05, 3.63) is 35.9 Å². The Kier molecular flexibility index (Phi) is 5.36. The Bertz CT molecular complexity index is 381. The third kappa shape index (κ3) is 4.75. The van der Waals surface area contributed by atoms with Crippen LogP contribution >= 0.6 is 0 Å². The Morgan fingerprint density at radius 2 is 1.63 bits per heavy atom. The largest absolute Gasteiger partial charge is 0.342 e. The third-order valence-electron chi connectivity index (χ3n) is 3.91. The number of rotatable bonds is 5. The first-order valence-electron chi connectivity index (χ1n) is 7.13. The summed E-state index contributed by atoms with van der Waals surface area (Å²) in [6.45, 7) is 16.7. The number of nitrogens with zero attached hydrogens (tertiary/aromatic N) is 1. The highest BCUT2D eigenvalue weighted by molar-refractivity contribution is 6.74. The van der Waals surface area contributed by atoms with Gasteiger partial charge in [-0.05, 0) is 37.5 Å². The van der Waals surface area contributed by atoms with Gasteiger partial charge in [0.05, 0.1) is 0 Å². The van der Waals surface area contributed by atoms with E-state index in [-0.39, 0.29) is 5.04 Å². The van der Waals surface area contributed by atoms with Crippen molar-refractivity contribution < 1.29 is 4.53 Å². The van der Waals surface area contributed by atoms with Gasteiger partial charge in [-0.25, -0.2) is 0 Å². The topological polar surface area (TPSA) is 12.5 Å². The van der Waals surface area contributed by atoms with Crippen molar-refractivity contribution in [3.8, 4) is 0 Å². The summed E-state index contributed by atoms with van der Waals surface area (Å²) in [6, 6.07) is 10.9. The van der Waals surface area contributed by atoms with Gasteiger partial charge < -0.3 is 4.53 Å². The van der Waals surface area contributed by atoms with E-state index in [0.29, 0.717) is 6.04 Å². The molecule has 0 spiro atoms. The van der Waals surface area contributed by atoms with Crippen LogP contribution in [0.3, 0.4) is 0 Å². The molecule has 0 saturated carbocycles. The van der Waals surface area contributed by atoms with Gasteiger partial charge in [-0.2, -0.15) is 5.06 Å². The SMILES string of the molecule is CC(C)N(Cc1ccccc1)O[Si](C)(C)C(C)(C)C. The minimum Gasteiger partial charge on any atom is -0.342 e. The first-order chi connectivity index (χ1) is 8.63. The molecule has 0 unspecified atom stereocenters. The van der Waals surface area contributed by atoms with Crippen LogP contribution in [0.2, 0.25) is 18.1 Å². The van der Waals surface area contributed by atoms with Crippen molar-refractivity contribution >= 4 is 8.32 Å². The number of hydroxylamine groups is 2. The Hall–Kier alpha value is -0.643. The lowest BCUT2D eigenvalue weighted by atomic mass is 10.2. The van der Waals surface area contributed by atoms with Gasteiger partial charge >= 0.3 is 0 Å². The fourth-order valence-corrected chi connectivity index (χ4v) is 2.65. The molecule has 0 heterocycles. The van der Waals surface area contributed by atoms with Crippen LogP contribution in [0, 0.1) is 0 Å². The molecule has 1 aromatic carbocycles. The van der Waals surface area contributed by atoms with E-state index in [2.05, 4.69) is 83.1 Å². The van der Waals surface area contributed by atoms with E-state index in [1.165, 1.54) is 5.56 Å². The van der Waals surface area contributed by atoms with Crippen LogP contribution < -0.4 is 0 Å². The van der Waals surface area contributed by atoms with E-state index in [0.717, 1.165) is 6.54 Å². The molecule has 0 bridgehead atoms. The summed E-state index contributed by atoms with van der Waals surface area (Å²) in [7, 11) is -1.76. The third-order valence-corrected chi connectivity index (χ3v) is 8.21. The fourth-order valence-electron chi connectivity index (χ4n) is 1.51. The summed E-state index contributed by atoms with van der Waals surface area (Å²) in [5, 5.41) is 2.38. The van der Waals surface area contributed by atoms with Gasteiger partial charge in [0.1, 0.15) is 0 Å². The monoisotopic (exact) mass is 279 g/mol. The predicted octanol–water partition coefficient (Wildman–Crippen LogP) is 4.83. The highest BCUT2D eigenvalue weighted by atomic mass is 28.4. The molecule has 0 radical (unpaired) electrons. The molecule has 0 saturated heterocycles. The summed E-state index contributed by atoms with van der Waals surface area (Å²) in [6.07, 6.45) is 0. The molecule has 3 heteroatoms. The molecule has 19 heavy (non-hydrogen) atoms.